The Morgan fingerprint density at radius 1 is 1.06 bits per heavy atom. The summed E-state index contributed by atoms with van der Waals surface area (Å²) in [4.78, 5) is 13.4. The Bertz CT molecular complexity index is 1320. The Kier molecular flexibility index (Phi) is 5.46. The largest absolute Gasteiger partial charge is 0.586 e. The van der Waals surface area contributed by atoms with E-state index in [1.165, 1.54) is 12.1 Å². The molecule has 2 aliphatic rings. The van der Waals surface area contributed by atoms with Crippen LogP contribution in [0.15, 0.2) is 36.4 Å². The van der Waals surface area contributed by atoms with E-state index >= 15 is 4.39 Å². The second-order valence-electron chi connectivity index (χ2n) is 10.8. The number of Topliss-reactive ketones (excluding diaryl/α,β-unsaturated/α-hetero) is 1. The molecule has 2 aromatic carbocycles. The Morgan fingerprint density at radius 2 is 1.77 bits per heavy atom. The zero-order valence-corrected chi connectivity index (χ0v) is 20.5. The van der Waals surface area contributed by atoms with Crippen LogP contribution < -0.4 is 9.47 Å². The highest BCUT2D eigenvalue weighted by molar-refractivity contribution is 5.95. The van der Waals surface area contributed by atoms with Crippen LogP contribution in [0.25, 0.3) is 10.9 Å². The molecule has 1 saturated carbocycles. The molecule has 1 aliphatic carbocycles. The minimum atomic E-state index is -3.71. The quantitative estimate of drug-likeness (QED) is 0.360. The maximum Gasteiger partial charge on any atom is 0.586 e. The van der Waals surface area contributed by atoms with Crippen LogP contribution in [0, 0.1) is 5.82 Å². The number of ether oxygens (including phenoxy) is 2. The topological polar surface area (TPSA) is 40.5 Å². The molecule has 5 rings (SSSR count). The monoisotopic (exact) mass is 485 g/mol. The van der Waals surface area contributed by atoms with E-state index in [0.717, 1.165) is 36.0 Å². The lowest BCUT2D eigenvalue weighted by Crippen LogP contribution is -2.26. The standard InChI is InChI=1S/C28H30F3NO3/c1-5-6-11-32-21-16-20(29)17(12-18(21)13-24(32)26(2,3)4)14-25(33)27(9-10-27)19-7-8-22-23(15-19)35-28(30,31)34-22/h7-8,12-13,15-16H,5-6,9-11,14H2,1-4H3. The predicted octanol–water partition coefficient (Wildman–Crippen LogP) is 7.04. The molecule has 7 heteroatoms. The minimum absolute atomic E-state index is 0.0549. The van der Waals surface area contributed by atoms with Crippen LogP contribution in [0.1, 0.15) is 70.2 Å². The number of carbonyl (C=O) groups is 1. The first-order valence-corrected chi connectivity index (χ1v) is 12.2. The van der Waals surface area contributed by atoms with Crippen LogP contribution >= 0.6 is 0 Å². The van der Waals surface area contributed by atoms with Crippen LogP contribution in [0.5, 0.6) is 11.5 Å². The van der Waals surface area contributed by atoms with Gasteiger partial charge in [-0.3, -0.25) is 4.79 Å². The fraction of sp³-hybridized carbons (Fsp3) is 0.464. The van der Waals surface area contributed by atoms with Crippen molar-refractivity contribution < 1.29 is 27.4 Å². The molecule has 0 unspecified atom stereocenters. The van der Waals surface area contributed by atoms with Gasteiger partial charge in [0.25, 0.3) is 0 Å². The number of benzene rings is 2. The maximum atomic E-state index is 15.3. The van der Waals surface area contributed by atoms with Crippen molar-refractivity contribution in [1.82, 2.24) is 4.57 Å². The van der Waals surface area contributed by atoms with Crippen LogP contribution in [0.3, 0.4) is 0 Å². The van der Waals surface area contributed by atoms with E-state index in [4.69, 9.17) is 0 Å². The molecule has 2 heterocycles. The van der Waals surface area contributed by atoms with Gasteiger partial charge in [0.2, 0.25) is 0 Å². The SMILES string of the molecule is CCCCn1c(C(C)(C)C)cc2cc(CC(=O)C3(c4ccc5c(c4)OC(F)(F)O5)CC3)c(F)cc21. The van der Waals surface area contributed by atoms with E-state index in [0.29, 0.717) is 24.0 Å². The number of carbonyl (C=O) groups excluding carboxylic acids is 1. The molecule has 4 nitrogen and oxygen atoms in total. The molecule has 0 spiro atoms. The van der Waals surface area contributed by atoms with Crippen molar-refractivity contribution >= 4 is 16.7 Å². The number of nitrogens with zero attached hydrogens (tertiary/aromatic N) is 1. The Morgan fingerprint density at radius 3 is 2.43 bits per heavy atom. The van der Waals surface area contributed by atoms with Crippen molar-refractivity contribution in [3.8, 4) is 11.5 Å². The van der Waals surface area contributed by atoms with Gasteiger partial charge in [0.05, 0.1) is 10.9 Å². The number of ketones is 1. The molecule has 0 radical (unpaired) electrons. The van der Waals surface area contributed by atoms with E-state index in [1.54, 1.807) is 18.2 Å². The van der Waals surface area contributed by atoms with Gasteiger partial charge >= 0.3 is 6.29 Å². The summed E-state index contributed by atoms with van der Waals surface area (Å²) in [6.45, 7) is 9.37. The lowest BCUT2D eigenvalue weighted by atomic mass is 9.87. The molecular weight excluding hydrogens is 455 g/mol. The van der Waals surface area contributed by atoms with Gasteiger partial charge in [-0.2, -0.15) is 0 Å². The molecule has 0 N–H and O–H groups in total. The van der Waals surface area contributed by atoms with Crippen molar-refractivity contribution in [3.05, 3.63) is 59.0 Å². The lowest BCUT2D eigenvalue weighted by Gasteiger charge is -2.22. The molecule has 35 heavy (non-hydrogen) atoms. The highest BCUT2D eigenvalue weighted by atomic mass is 19.3. The first-order valence-electron chi connectivity index (χ1n) is 12.2. The molecule has 1 fully saturated rings. The Labute approximate surface area is 203 Å². The average Bonchev–Trinajstić information content (AvgIpc) is 3.41. The van der Waals surface area contributed by atoms with Gasteiger partial charge in [0, 0.05) is 29.5 Å². The molecule has 0 amide bonds. The zero-order valence-electron chi connectivity index (χ0n) is 20.5. The number of alkyl halides is 2. The summed E-state index contributed by atoms with van der Waals surface area (Å²) in [5.74, 6) is -0.658. The summed E-state index contributed by atoms with van der Waals surface area (Å²) >= 11 is 0. The molecule has 0 bridgehead atoms. The number of aryl methyl sites for hydroxylation is 1. The number of rotatable bonds is 7. The van der Waals surface area contributed by atoms with Gasteiger partial charge in [0.15, 0.2) is 11.5 Å². The minimum Gasteiger partial charge on any atom is -0.395 e. The second-order valence-corrected chi connectivity index (χ2v) is 10.8. The van der Waals surface area contributed by atoms with Crippen LogP contribution in [0.4, 0.5) is 13.2 Å². The van der Waals surface area contributed by atoms with E-state index in [1.807, 2.05) is 0 Å². The third-order valence-electron chi connectivity index (χ3n) is 7.16. The summed E-state index contributed by atoms with van der Waals surface area (Å²) in [5, 5.41) is 0.922. The highest BCUT2D eigenvalue weighted by Gasteiger charge is 2.52. The van der Waals surface area contributed by atoms with Crippen molar-refractivity contribution in [2.45, 2.75) is 83.5 Å². The van der Waals surface area contributed by atoms with Gasteiger partial charge in [-0.15, -0.1) is 8.78 Å². The first-order chi connectivity index (χ1) is 16.4. The van der Waals surface area contributed by atoms with Crippen LogP contribution in [-0.2, 0) is 28.6 Å². The fourth-order valence-electron chi connectivity index (χ4n) is 5.09. The second kappa shape index (κ2) is 8.04. The molecule has 0 atom stereocenters. The number of unbranched alkanes of at least 4 members (excludes halogenated alkanes) is 1. The Hall–Kier alpha value is -2.96. The van der Waals surface area contributed by atoms with E-state index in [2.05, 4.69) is 47.8 Å². The smallest absolute Gasteiger partial charge is 0.395 e. The summed E-state index contributed by atoms with van der Waals surface area (Å²) in [5.41, 5.74) is 2.03. The molecule has 1 aliphatic heterocycles. The van der Waals surface area contributed by atoms with E-state index in [-0.39, 0.29) is 29.1 Å². The average molecular weight is 486 g/mol. The molecular formula is C28H30F3NO3. The van der Waals surface area contributed by atoms with E-state index < -0.39 is 17.5 Å². The van der Waals surface area contributed by atoms with Gasteiger partial charge in [0.1, 0.15) is 11.6 Å². The summed E-state index contributed by atoms with van der Waals surface area (Å²) in [6.07, 6.45) is -0.547. The number of fused-ring (bicyclic) bond motifs is 2. The lowest BCUT2D eigenvalue weighted by molar-refractivity contribution is -0.286. The highest BCUT2D eigenvalue weighted by Crippen LogP contribution is 2.52. The number of hydrogen-bond donors (Lipinski definition) is 0. The van der Waals surface area contributed by atoms with Gasteiger partial charge in [-0.25, -0.2) is 4.39 Å². The van der Waals surface area contributed by atoms with Crippen molar-refractivity contribution in [2.24, 2.45) is 0 Å². The number of aromatic nitrogens is 1. The zero-order chi connectivity index (χ0) is 25.2. The van der Waals surface area contributed by atoms with Crippen LogP contribution in [0.2, 0.25) is 0 Å². The van der Waals surface area contributed by atoms with E-state index in [9.17, 15) is 13.6 Å². The fourth-order valence-corrected chi connectivity index (χ4v) is 5.09. The van der Waals surface area contributed by atoms with Gasteiger partial charge in [-0.1, -0.05) is 40.2 Å². The molecule has 1 aromatic heterocycles. The number of halogens is 3. The predicted molar refractivity (Wildman–Crippen MR) is 128 cm³/mol. The van der Waals surface area contributed by atoms with Crippen molar-refractivity contribution in [2.75, 3.05) is 0 Å². The maximum absolute atomic E-state index is 15.3. The van der Waals surface area contributed by atoms with Gasteiger partial charge < -0.3 is 14.0 Å². The van der Waals surface area contributed by atoms with Crippen molar-refractivity contribution in [1.29, 1.82) is 0 Å². The third-order valence-corrected chi connectivity index (χ3v) is 7.16. The van der Waals surface area contributed by atoms with Crippen molar-refractivity contribution in [3.63, 3.8) is 0 Å². The first kappa shape index (κ1) is 23.8. The summed E-state index contributed by atoms with van der Waals surface area (Å²) in [6, 6.07) is 9.91. The molecule has 0 saturated heterocycles. The summed E-state index contributed by atoms with van der Waals surface area (Å²) < 4.78 is 53.3. The van der Waals surface area contributed by atoms with Gasteiger partial charge in [-0.05, 0) is 60.7 Å². The number of hydrogen-bond acceptors (Lipinski definition) is 3. The van der Waals surface area contributed by atoms with Crippen LogP contribution in [-0.4, -0.2) is 16.6 Å². The normalized spacial score (nSPS) is 17.7. The molecule has 3 aromatic rings. The third kappa shape index (κ3) is 4.19. The Balaban J connectivity index is 1.45. The molecule has 186 valence electrons. The summed E-state index contributed by atoms with van der Waals surface area (Å²) in [7, 11) is 0.